The lowest BCUT2D eigenvalue weighted by Crippen LogP contribution is -1.94. The Balaban J connectivity index is 2.56. The van der Waals surface area contributed by atoms with Crippen molar-refractivity contribution in [3.63, 3.8) is 0 Å². The summed E-state index contributed by atoms with van der Waals surface area (Å²) in [5.41, 5.74) is 0.602. The largest absolute Gasteiger partial charge is 0.458 e. The molecule has 3 nitrogen and oxygen atoms in total. The number of carbonyl (C=O) groups excluding carboxylic acids is 1. The number of carbonyl (C=O) groups is 1. The van der Waals surface area contributed by atoms with Gasteiger partial charge in [0.2, 0.25) is 0 Å². The van der Waals surface area contributed by atoms with Crippen molar-refractivity contribution in [3.05, 3.63) is 35.0 Å². The van der Waals surface area contributed by atoms with Gasteiger partial charge < -0.3 is 9.52 Å². The topological polar surface area (TPSA) is 50.4 Å². The third-order valence-electron chi connectivity index (χ3n) is 1.92. The van der Waals surface area contributed by atoms with Crippen LogP contribution in [0.1, 0.15) is 11.9 Å². The summed E-state index contributed by atoms with van der Waals surface area (Å²) in [7, 11) is 0. The Hall–Kier alpha value is -1.32. The number of aliphatic hydroxyl groups is 1. The lowest BCUT2D eigenvalue weighted by atomic mass is 10.2. The van der Waals surface area contributed by atoms with Crippen LogP contribution in [0.25, 0.3) is 11.0 Å². The van der Waals surface area contributed by atoms with Crippen molar-refractivity contribution in [2.45, 2.75) is 6.10 Å². The second-order valence-corrected chi connectivity index (χ2v) is 3.35. The van der Waals surface area contributed by atoms with Gasteiger partial charge in [-0.3, -0.25) is 4.79 Å². The molecule has 1 N–H and O–H groups in total. The van der Waals surface area contributed by atoms with Crippen LogP contribution in [0.3, 0.4) is 0 Å². The number of benzene rings is 1. The van der Waals surface area contributed by atoms with Gasteiger partial charge >= 0.3 is 0 Å². The number of furan rings is 1. The average molecular weight is 211 g/mol. The first-order valence-electron chi connectivity index (χ1n) is 4.03. The molecular weight excluding hydrogens is 204 g/mol. The zero-order chi connectivity index (χ0) is 10.1. The number of fused-ring (bicyclic) bond motifs is 1. The van der Waals surface area contributed by atoms with Gasteiger partial charge in [0.15, 0.2) is 12.4 Å². The molecule has 1 aromatic carbocycles. The first-order chi connectivity index (χ1) is 6.70. The Kier molecular flexibility index (Phi) is 2.27. The van der Waals surface area contributed by atoms with Crippen molar-refractivity contribution >= 4 is 28.9 Å². The van der Waals surface area contributed by atoms with Gasteiger partial charge in [0.25, 0.3) is 0 Å². The maximum Gasteiger partial charge on any atom is 0.167 e. The monoisotopic (exact) mass is 210 g/mol. The summed E-state index contributed by atoms with van der Waals surface area (Å²) in [6.07, 6.45) is -0.791. The molecule has 1 unspecified atom stereocenters. The van der Waals surface area contributed by atoms with Gasteiger partial charge in [-0.05, 0) is 24.3 Å². The number of halogens is 1. The van der Waals surface area contributed by atoms with Crippen LogP contribution in [0.15, 0.2) is 28.7 Å². The number of hydrogen-bond donors (Lipinski definition) is 1. The van der Waals surface area contributed by atoms with E-state index in [2.05, 4.69) is 0 Å². The number of hydrogen-bond acceptors (Lipinski definition) is 3. The van der Waals surface area contributed by atoms with E-state index in [0.717, 1.165) is 5.39 Å². The van der Waals surface area contributed by atoms with Gasteiger partial charge in [0.05, 0.1) is 0 Å². The minimum Gasteiger partial charge on any atom is -0.458 e. The first-order valence-corrected chi connectivity index (χ1v) is 4.41. The van der Waals surface area contributed by atoms with Crippen LogP contribution in [0, 0.1) is 0 Å². The van der Waals surface area contributed by atoms with Crippen molar-refractivity contribution in [2.24, 2.45) is 0 Å². The second kappa shape index (κ2) is 3.44. The molecule has 4 heteroatoms. The van der Waals surface area contributed by atoms with Crippen LogP contribution in [-0.4, -0.2) is 11.4 Å². The summed E-state index contributed by atoms with van der Waals surface area (Å²) in [5, 5.41) is 10.6. The van der Waals surface area contributed by atoms with E-state index in [1.807, 2.05) is 0 Å². The molecule has 0 saturated heterocycles. The van der Waals surface area contributed by atoms with Crippen LogP contribution in [0.2, 0.25) is 5.02 Å². The number of rotatable bonds is 2. The molecule has 0 radical (unpaired) electrons. The van der Waals surface area contributed by atoms with Crippen LogP contribution in [0.5, 0.6) is 0 Å². The third-order valence-corrected chi connectivity index (χ3v) is 2.15. The Morgan fingerprint density at radius 1 is 1.43 bits per heavy atom. The normalized spacial score (nSPS) is 13.0. The molecule has 14 heavy (non-hydrogen) atoms. The second-order valence-electron chi connectivity index (χ2n) is 2.91. The molecule has 1 heterocycles. The van der Waals surface area contributed by atoms with E-state index in [-0.39, 0.29) is 5.76 Å². The van der Waals surface area contributed by atoms with Gasteiger partial charge in [-0.25, -0.2) is 0 Å². The van der Waals surface area contributed by atoms with E-state index in [1.165, 1.54) is 0 Å². The predicted molar refractivity (Wildman–Crippen MR) is 52.2 cm³/mol. The average Bonchev–Trinajstić information content (AvgIpc) is 2.59. The van der Waals surface area contributed by atoms with E-state index in [1.54, 1.807) is 24.3 Å². The summed E-state index contributed by atoms with van der Waals surface area (Å²) in [6, 6.07) is 6.69. The molecule has 1 atom stereocenters. The molecule has 1 aromatic heterocycles. The summed E-state index contributed by atoms with van der Waals surface area (Å²) < 4.78 is 5.24. The molecule has 2 rings (SSSR count). The fourth-order valence-corrected chi connectivity index (χ4v) is 1.43. The number of aldehydes is 1. The molecule has 0 aliphatic carbocycles. The van der Waals surface area contributed by atoms with Crippen molar-refractivity contribution < 1.29 is 14.3 Å². The highest BCUT2D eigenvalue weighted by atomic mass is 35.5. The standard InChI is InChI=1S/C10H7ClO3/c11-7-1-2-9-6(3-7)4-10(14-9)8(13)5-12/h1-5,8,13H. The number of aliphatic hydroxyl groups excluding tert-OH is 1. The molecule has 2 aromatic rings. The molecule has 72 valence electrons. The molecule has 0 spiro atoms. The van der Waals surface area contributed by atoms with E-state index in [0.29, 0.717) is 16.9 Å². The fraction of sp³-hybridized carbons (Fsp3) is 0.100. The maximum absolute atomic E-state index is 10.3. The molecular formula is C10H7ClO3. The van der Waals surface area contributed by atoms with Crippen molar-refractivity contribution in [3.8, 4) is 0 Å². The zero-order valence-corrected chi connectivity index (χ0v) is 7.86. The molecule has 0 saturated carbocycles. The zero-order valence-electron chi connectivity index (χ0n) is 7.11. The minimum absolute atomic E-state index is 0.234. The van der Waals surface area contributed by atoms with Crippen LogP contribution >= 0.6 is 11.6 Å². The van der Waals surface area contributed by atoms with Gasteiger partial charge in [0.1, 0.15) is 11.3 Å². The van der Waals surface area contributed by atoms with Crippen molar-refractivity contribution in [2.75, 3.05) is 0 Å². The van der Waals surface area contributed by atoms with Crippen LogP contribution < -0.4 is 0 Å². The van der Waals surface area contributed by atoms with Gasteiger partial charge in [-0.1, -0.05) is 11.6 Å². The smallest absolute Gasteiger partial charge is 0.167 e. The third kappa shape index (κ3) is 1.52. The molecule has 0 amide bonds. The summed E-state index contributed by atoms with van der Waals surface area (Å²) in [5.74, 6) is 0.234. The van der Waals surface area contributed by atoms with E-state index in [4.69, 9.17) is 16.0 Å². The fourth-order valence-electron chi connectivity index (χ4n) is 1.25. The first kappa shape index (κ1) is 9.24. The highest BCUT2D eigenvalue weighted by Crippen LogP contribution is 2.25. The lowest BCUT2D eigenvalue weighted by Gasteiger charge is -1.94. The van der Waals surface area contributed by atoms with Crippen molar-refractivity contribution in [1.82, 2.24) is 0 Å². The Bertz CT molecular complexity index is 475. The SMILES string of the molecule is O=CC(O)c1cc2cc(Cl)ccc2o1. The lowest BCUT2D eigenvalue weighted by molar-refractivity contribution is -0.115. The Morgan fingerprint density at radius 3 is 2.93 bits per heavy atom. The van der Waals surface area contributed by atoms with Crippen LogP contribution in [0.4, 0.5) is 0 Å². The van der Waals surface area contributed by atoms with Gasteiger partial charge in [-0.2, -0.15) is 0 Å². The van der Waals surface area contributed by atoms with E-state index in [9.17, 15) is 9.90 Å². The summed E-state index contributed by atoms with van der Waals surface area (Å²) in [6.45, 7) is 0. The molecule has 0 aliphatic rings. The van der Waals surface area contributed by atoms with Crippen molar-refractivity contribution in [1.29, 1.82) is 0 Å². The van der Waals surface area contributed by atoms with E-state index < -0.39 is 6.10 Å². The molecule has 0 bridgehead atoms. The molecule has 0 fully saturated rings. The van der Waals surface area contributed by atoms with Gasteiger partial charge in [0, 0.05) is 10.4 Å². The quantitative estimate of drug-likeness (QED) is 0.774. The van der Waals surface area contributed by atoms with Gasteiger partial charge in [-0.15, -0.1) is 0 Å². The Morgan fingerprint density at radius 2 is 2.21 bits per heavy atom. The molecule has 0 aliphatic heterocycles. The summed E-state index contributed by atoms with van der Waals surface area (Å²) >= 11 is 5.77. The summed E-state index contributed by atoms with van der Waals surface area (Å²) in [4.78, 5) is 10.3. The Labute approximate surface area is 84.9 Å². The highest BCUT2D eigenvalue weighted by molar-refractivity contribution is 6.31. The highest BCUT2D eigenvalue weighted by Gasteiger charge is 2.11. The van der Waals surface area contributed by atoms with Crippen LogP contribution in [-0.2, 0) is 4.79 Å². The van der Waals surface area contributed by atoms with E-state index >= 15 is 0 Å². The minimum atomic E-state index is -1.21. The maximum atomic E-state index is 10.3. The predicted octanol–water partition coefficient (Wildman–Crippen LogP) is 2.32.